The average Bonchev–Trinajstić information content (AvgIpc) is 2.59. The molecule has 0 fully saturated rings. The zero-order chi connectivity index (χ0) is 14.2. The lowest BCUT2D eigenvalue weighted by atomic mass is 10.2. The minimum Gasteiger partial charge on any atom is -0.383 e. The number of aromatic nitrogens is 3. The van der Waals surface area contributed by atoms with Gasteiger partial charge in [-0.25, -0.2) is 9.97 Å². The Kier molecular flexibility index (Phi) is 3.42. The summed E-state index contributed by atoms with van der Waals surface area (Å²) in [5.74, 6) is 1.16. The summed E-state index contributed by atoms with van der Waals surface area (Å²) in [7, 11) is 1.64. The van der Waals surface area contributed by atoms with Gasteiger partial charge < -0.3 is 15.6 Å². The summed E-state index contributed by atoms with van der Waals surface area (Å²) < 4.78 is 2.03. The molecule has 2 rings (SSSR count). The average molecular weight is 261 g/mol. The molecule has 0 unspecified atom stereocenters. The first-order chi connectivity index (χ1) is 8.95. The molecule has 3 N–H and O–H groups in total. The van der Waals surface area contributed by atoms with E-state index in [-0.39, 0.29) is 5.91 Å². The molecule has 102 valence electrons. The van der Waals surface area contributed by atoms with E-state index in [1.807, 2.05) is 25.3 Å². The van der Waals surface area contributed by atoms with Gasteiger partial charge in [0.15, 0.2) is 0 Å². The molecule has 0 aliphatic carbocycles. The Morgan fingerprint density at radius 1 is 1.32 bits per heavy atom. The molecule has 6 nitrogen and oxygen atoms in total. The zero-order valence-corrected chi connectivity index (χ0v) is 11.7. The molecule has 2 aromatic heterocycles. The van der Waals surface area contributed by atoms with Crippen LogP contribution >= 0.6 is 0 Å². The molecular formula is C13H19N5O. The highest BCUT2D eigenvalue weighted by Crippen LogP contribution is 2.27. The summed E-state index contributed by atoms with van der Waals surface area (Å²) in [5.41, 5.74) is 8.94. The lowest BCUT2D eigenvalue weighted by Crippen LogP contribution is -2.19. The van der Waals surface area contributed by atoms with Gasteiger partial charge in [-0.2, -0.15) is 0 Å². The fourth-order valence-electron chi connectivity index (χ4n) is 2.29. The Balaban J connectivity index is 2.54. The Bertz CT molecular complexity index is 644. The summed E-state index contributed by atoms with van der Waals surface area (Å²) in [4.78, 5) is 20.1. The van der Waals surface area contributed by atoms with Crippen LogP contribution in [0.4, 0.5) is 5.82 Å². The van der Waals surface area contributed by atoms with Gasteiger partial charge in [0.1, 0.15) is 17.3 Å². The summed E-state index contributed by atoms with van der Waals surface area (Å²) in [6.45, 7) is 6.42. The summed E-state index contributed by atoms with van der Waals surface area (Å²) in [6, 6.07) is 0. The Labute approximate surface area is 112 Å². The van der Waals surface area contributed by atoms with Gasteiger partial charge in [0, 0.05) is 25.7 Å². The lowest BCUT2D eigenvalue weighted by molar-refractivity contribution is -0.120. The predicted octanol–water partition coefficient (Wildman–Crippen LogP) is 1.07. The minimum atomic E-state index is 0.0117. The van der Waals surface area contributed by atoms with Gasteiger partial charge in [-0.15, -0.1) is 0 Å². The van der Waals surface area contributed by atoms with Crippen LogP contribution in [-0.4, -0.2) is 27.5 Å². The van der Waals surface area contributed by atoms with Crippen molar-refractivity contribution < 1.29 is 4.79 Å². The Morgan fingerprint density at radius 3 is 2.63 bits per heavy atom. The van der Waals surface area contributed by atoms with Crippen LogP contribution in [0.2, 0.25) is 0 Å². The summed E-state index contributed by atoms with van der Waals surface area (Å²) in [6.07, 6.45) is 0.420. The molecule has 19 heavy (non-hydrogen) atoms. The smallest absolute Gasteiger partial charge is 0.221 e. The van der Waals surface area contributed by atoms with Crippen LogP contribution in [0.1, 0.15) is 23.5 Å². The fourth-order valence-corrected chi connectivity index (χ4v) is 2.29. The highest BCUT2D eigenvalue weighted by Gasteiger charge is 2.16. The molecule has 0 bridgehead atoms. The SMILES string of the molecule is CNC(=O)CCn1c(C)c(C)c2c(N)nc(C)nc21. The lowest BCUT2D eigenvalue weighted by Gasteiger charge is -2.07. The first-order valence-corrected chi connectivity index (χ1v) is 6.25. The first-order valence-electron chi connectivity index (χ1n) is 6.25. The maximum atomic E-state index is 11.4. The molecular weight excluding hydrogens is 242 g/mol. The maximum absolute atomic E-state index is 11.4. The summed E-state index contributed by atoms with van der Waals surface area (Å²) in [5, 5.41) is 3.51. The van der Waals surface area contributed by atoms with Gasteiger partial charge in [0.2, 0.25) is 5.91 Å². The highest BCUT2D eigenvalue weighted by atomic mass is 16.1. The van der Waals surface area contributed by atoms with Crippen LogP contribution in [-0.2, 0) is 11.3 Å². The molecule has 0 aromatic carbocycles. The monoisotopic (exact) mass is 261 g/mol. The number of fused-ring (bicyclic) bond motifs is 1. The van der Waals surface area contributed by atoms with E-state index in [4.69, 9.17) is 5.73 Å². The van der Waals surface area contributed by atoms with Crippen LogP contribution in [0.15, 0.2) is 0 Å². The topological polar surface area (TPSA) is 85.8 Å². The number of hydrogen-bond donors (Lipinski definition) is 2. The number of anilines is 1. The molecule has 2 heterocycles. The maximum Gasteiger partial charge on any atom is 0.221 e. The molecule has 0 radical (unpaired) electrons. The molecule has 0 aliphatic rings. The van der Waals surface area contributed by atoms with Crippen molar-refractivity contribution in [3.8, 4) is 0 Å². The third-order valence-electron chi connectivity index (χ3n) is 3.45. The quantitative estimate of drug-likeness (QED) is 0.865. The van der Waals surface area contributed by atoms with E-state index in [1.165, 1.54) is 0 Å². The second-order valence-electron chi connectivity index (χ2n) is 4.64. The highest BCUT2D eigenvalue weighted by molar-refractivity contribution is 5.91. The van der Waals surface area contributed by atoms with E-state index in [2.05, 4.69) is 15.3 Å². The van der Waals surface area contributed by atoms with Crippen LogP contribution in [0.3, 0.4) is 0 Å². The Hall–Kier alpha value is -2.11. The van der Waals surface area contributed by atoms with Gasteiger partial charge in [-0.3, -0.25) is 4.79 Å². The van der Waals surface area contributed by atoms with Gasteiger partial charge >= 0.3 is 0 Å². The van der Waals surface area contributed by atoms with E-state index in [9.17, 15) is 4.79 Å². The van der Waals surface area contributed by atoms with Crippen molar-refractivity contribution in [1.29, 1.82) is 0 Å². The molecule has 6 heteroatoms. The van der Waals surface area contributed by atoms with Crippen LogP contribution in [0.25, 0.3) is 11.0 Å². The molecule has 0 spiro atoms. The number of rotatable bonds is 3. The van der Waals surface area contributed by atoms with Gasteiger partial charge in [0.25, 0.3) is 0 Å². The van der Waals surface area contributed by atoms with Crippen molar-refractivity contribution in [2.75, 3.05) is 12.8 Å². The number of nitrogen functional groups attached to an aromatic ring is 1. The number of nitrogens with one attached hydrogen (secondary N) is 1. The molecule has 0 saturated heterocycles. The third kappa shape index (κ3) is 2.25. The number of carbonyl (C=O) groups is 1. The first kappa shape index (κ1) is 13.3. The van der Waals surface area contributed by atoms with E-state index >= 15 is 0 Å². The summed E-state index contributed by atoms with van der Waals surface area (Å²) >= 11 is 0. The Morgan fingerprint density at radius 2 is 2.00 bits per heavy atom. The normalized spacial score (nSPS) is 10.9. The number of hydrogen-bond acceptors (Lipinski definition) is 4. The van der Waals surface area contributed by atoms with Crippen LogP contribution in [0, 0.1) is 20.8 Å². The number of carbonyl (C=O) groups excluding carboxylic acids is 1. The second-order valence-corrected chi connectivity index (χ2v) is 4.64. The van der Waals surface area contributed by atoms with Crippen molar-refractivity contribution in [2.45, 2.75) is 33.7 Å². The number of aryl methyl sites for hydroxylation is 3. The fraction of sp³-hybridized carbons (Fsp3) is 0.462. The second kappa shape index (κ2) is 4.87. The van der Waals surface area contributed by atoms with Crippen molar-refractivity contribution in [2.24, 2.45) is 0 Å². The van der Waals surface area contributed by atoms with Crippen LogP contribution < -0.4 is 11.1 Å². The van der Waals surface area contributed by atoms with E-state index in [1.54, 1.807) is 7.05 Å². The van der Waals surface area contributed by atoms with Crippen molar-refractivity contribution >= 4 is 22.8 Å². The van der Waals surface area contributed by atoms with E-state index in [0.29, 0.717) is 24.6 Å². The molecule has 2 aromatic rings. The zero-order valence-electron chi connectivity index (χ0n) is 11.7. The number of nitrogens with zero attached hydrogens (tertiary/aromatic N) is 3. The number of amides is 1. The van der Waals surface area contributed by atoms with Crippen molar-refractivity contribution in [3.05, 3.63) is 17.1 Å². The van der Waals surface area contributed by atoms with E-state index in [0.717, 1.165) is 22.3 Å². The van der Waals surface area contributed by atoms with Gasteiger partial charge in [0.05, 0.1) is 5.39 Å². The minimum absolute atomic E-state index is 0.0117. The molecule has 0 atom stereocenters. The van der Waals surface area contributed by atoms with Gasteiger partial charge in [-0.05, 0) is 26.3 Å². The third-order valence-corrected chi connectivity index (χ3v) is 3.45. The molecule has 0 aliphatic heterocycles. The molecule has 0 saturated carbocycles. The standard InChI is InChI=1S/C13H19N5O/c1-7-8(2)18(6-5-10(19)15-4)13-11(7)12(14)16-9(3)17-13/h5-6H2,1-4H3,(H,15,19)(H2,14,16,17). The molecule has 1 amide bonds. The van der Waals surface area contributed by atoms with Crippen LogP contribution in [0.5, 0.6) is 0 Å². The predicted molar refractivity (Wildman–Crippen MR) is 74.8 cm³/mol. The van der Waals surface area contributed by atoms with E-state index < -0.39 is 0 Å². The van der Waals surface area contributed by atoms with Crippen molar-refractivity contribution in [3.63, 3.8) is 0 Å². The largest absolute Gasteiger partial charge is 0.383 e. The van der Waals surface area contributed by atoms with Crippen molar-refractivity contribution in [1.82, 2.24) is 19.9 Å². The number of nitrogens with two attached hydrogens (primary N) is 1. The van der Waals surface area contributed by atoms with Gasteiger partial charge in [-0.1, -0.05) is 0 Å².